The SMILES string of the molecule is CSc1cccc(NC(=O)CC2(CC(=O)O)CCCCC2)c1. The highest BCUT2D eigenvalue weighted by Gasteiger charge is 2.36. The first kappa shape index (κ1) is 16.9. The summed E-state index contributed by atoms with van der Waals surface area (Å²) in [4.78, 5) is 24.6. The zero-order valence-electron chi connectivity index (χ0n) is 12.9. The average molecular weight is 321 g/mol. The second-order valence-electron chi connectivity index (χ2n) is 6.09. The molecule has 1 amide bonds. The van der Waals surface area contributed by atoms with Crippen LogP contribution in [0.2, 0.25) is 0 Å². The minimum absolute atomic E-state index is 0.0820. The van der Waals surface area contributed by atoms with Gasteiger partial charge >= 0.3 is 5.97 Å². The highest BCUT2D eigenvalue weighted by Crippen LogP contribution is 2.42. The van der Waals surface area contributed by atoms with Crippen molar-refractivity contribution in [3.05, 3.63) is 24.3 Å². The van der Waals surface area contributed by atoms with Crippen LogP contribution in [0.4, 0.5) is 5.69 Å². The Hall–Kier alpha value is -1.49. The highest BCUT2D eigenvalue weighted by atomic mass is 32.2. The zero-order valence-corrected chi connectivity index (χ0v) is 13.7. The maximum Gasteiger partial charge on any atom is 0.303 e. The third-order valence-electron chi connectivity index (χ3n) is 4.33. The van der Waals surface area contributed by atoms with E-state index in [1.807, 2.05) is 30.5 Å². The highest BCUT2D eigenvalue weighted by molar-refractivity contribution is 7.98. The van der Waals surface area contributed by atoms with Crippen molar-refractivity contribution in [1.82, 2.24) is 0 Å². The molecular formula is C17H23NO3S. The molecular weight excluding hydrogens is 298 g/mol. The summed E-state index contributed by atoms with van der Waals surface area (Å²) >= 11 is 1.62. The molecule has 4 nitrogen and oxygen atoms in total. The van der Waals surface area contributed by atoms with Crippen molar-refractivity contribution in [2.24, 2.45) is 5.41 Å². The molecule has 0 heterocycles. The average Bonchev–Trinajstić information content (AvgIpc) is 2.47. The number of aliphatic carboxylic acids is 1. The Morgan fingerprint density at radius 3 is 2.59 bits per heavy atom. The number of nitrogens with one attached hydrogen (secondary N) is 1. The van der Waals surface area contributed by atoms with Crippen LogP contribution >= 0.6 is 11.8 Å². The Bertz CT molecular complexity index is 538. The molecule has 1 aromatic carbocycles. The lowest BCUT2D eigenvalue weighted by atomic mass is 9.69. The Labute approximate surface area is 135 Å². The van der Waals surface area contributed by atoms with Gasteiger partial charge < -0.3 is 10.4 Å². The number of carboxylic acid groups (broad SMARTS) is 1. The minimum Gasteiger partial charge on any atom is -0.481 e. The van der Waals surface area contributed by atoms with Crippen LogP contribution in [-0.2, 0) is 9.59 Å². The normalized spacial score (nSPS) is 17.0. The zero-order chi connectivity index (χ0) is 16.0. The fourth-order valence-electron chi connectivity index (χ4n) is 3.29. The van der Waals surface area contributed by atoms with Crippen LogP contribution in [0, 0.1) is 5.41 Å². The molecule has 0 spiro atoms. The molecule has 1 aliphatic rings. The van der Waals surface area contributed by atoms with Gasteiger partial charge in [-0.3, -0.25) is 9.59 Å². The number of benzene rings is 1. The number of carbonyl (C=O) groups excluding carboxylic acids is 1. The first-order valence-electron chi connectivity index (χ1n) is 7.69. The van der Waals surface area contributed by atoms with E-state index in [2.05, 4.69) is 5.32 Å². The van der Waals surface area contributed by atoms with E-state index in [1.165, 1.54) is 0 Å². The molecule has 1 fully saturated rings. The topological polar surface area (TPSA) is 66.4 Å². The molecule has 2 rings (SSSR count). The molecule has 0 unspecified atom stereocenters. The predicted molar refractivity (Wildman–Crippen MR) is 89.2 cm³/mol. The fraction of sp³-hybridized carbons (Fsp3) is 0.529. The van der Waals surface area contributed by atoms with Gasteiger partial charge in [0.25, 0.3) is 0 Å². The summed E-state index contributed by atoms with van der Waals surface area (Å²) < 4.78 is 0. The number of hydrogen-bond donors (Lipinski definition) is 2. The summed E-state index contributed by atoms with van der Waals surface area (Å²) in [6.45, 7) is 0. The number of rotatable bonds is 6. The monoisotopic (exact) mass is 321 g/mol. The number of amides is 1. The van der Waals surface area contributed by atoms with Gasteiger partial charge in [0, 0.05) is 17.0 Å². The van der Waals surface area contributed by atoms with E-state index in [0.717, 1.165) is 42.7 Å². The molecule has 0 bridgehead atoms. The summed E-state index contributed by atoms with van der Waals surface area (Å²) in [7, 11) is 0. The van der Waals surface area contributed by atoms with E-state index in [1.54, 1.807) is 11.8 Å². The van der Waals surface area contributed by atoms with Crippen LogP contribution in [0.1, 0.15) is 44.9 Å². The van der Waals surface area contributed by atoms with Gasteiger partial charge in [0.05, 0.1) is 6.42 Å². The largest absolute Gasteiger partial charge is 0.481 e. The van der Waals surface area contributed by atoms with Crippen molar-refractivity contribution in [2.45, 2.75) is 49.8 Å². The fourth-order valence-corrected chi connectivity index (χ4v) is 3.74. The van der Waals surface area contributed by atoms with Crippen molar-refractivity contribution in [3.8, 4) is 0 Å². The molecule has 0 aliphatic heterocycles. The second kappa shape index (κ2) is 7.68. The van der Waals surface area contributed by atoms with E-state index in [9.17, 15) is 9.59 Å². The number of carboxylic acids is 1. The van der Waals surface area contributed by atoms with Crippen molar-refractivity contribution in [2.75, 3.05) is 11.6 Å². The first-order valence-corrected chi connectivity index (χ1v) is 8.91. The Morgan fingerprint density at radius 1 is 1.23 bits per heavy atom. The lowest BCUT2D eigenvalue weighted by Crippen LogP contribution is -2.32. The van der Waals surface area contributed by atoms with Crippen molar-refractivity contribution < 1.29 is 14.7 Å². The third kappa shape index (κ3) is 4.77. The maximum atomic E-state index is 12.4. The van der Waals surface area contributed by atoms with Crippen LogP contribution in [0.25, 0.3) is 0 Å². The number of hydrogen-bond acceptors (Lipinski definition) is 3. The van der Waals surface area contributed by atoms with Crippen molar-refractivity contribution >= 4 is 29.3 Å². The number of anilines is 1. The molecule has 0 aromatic heterocycles. The summed E-state index contributed by atoms with van der Waals surface area (Å²) in [6, 6.07) is 7.71. The summed E-state index contributed by atoms with van der Waals surface area (Å²) in [5, 5.41) is 12.1. The maximum absolute atomic E-state index is 12.4. The van der Waals surface area contributed by atoms with Gasteiger partial charge in [-0.1, -0.05) is 25.3 Å². The summed E-state index contributed by atoms with van der Waals surface area (Å²) in [5.74, 6) is -0.888. The van der Waals surface area contributed by atoms with Crippen LogP contribution in [0.5, 0.6) is 0 Å². The number of thioether (sulfide) groups is 1. The van der Waals surface area contributed by atoms with Gasteiger partial charge in [0.1, 0.15) is 0 Å². The molecule has 1 aliphatic carbocycles. The van der Waals surface area contributed by atoms with E-state index in [-0.39, 0.29) is 17.7 Å². The molecule has 5 heteroatoms. The van der Waals surface area contributed by atoms with Crippen LogP contribution in [0.15, 0.2) is 29.2 Å². The van der Waals surface area contributed by atoms with E-state index < -0.39 is 5.97 Å². The van der Waals surface area contributed by atoms with Gasteiger partial charge in [-0.25, -0.2) is 0 Å². The standard InChI is InChI=1S/C17H23NO3S/c1-22-14-7-5-6-13(10-14)18-15(19)11-17(12-16(20)21)8-3-2-4-9-17/h5-7,10H,2-4,8-9,11-12H2,1H3,(H,18,19)(H,20,21). The lowest BCUT2D eigenvalue weighted by molar-refractivity contribution is -0.140. The van der Waals surface area contributed by atoms with E-state index in [4.69, 9.17) is 5.11 Å². The second-order valence-corrected chi connectivity index (χ2v) is 6.97. The van der Waals surface area contributed by atoms with Crippen molar-refractivity contribution in [1.29, 1.82) is 0 Å². The molecule has 1 aromatic rings. The predicted octanol–water partition coefficient (Wildman–Crippen LogP) is 4.16. The molecule has 2 N–H and O–H groups in total. The molecule has 120 valence electrons. The Kier molecular flexibility index (Phi) is 5.89. The molecule has 0 radical (unpaired) electrons. The van der Waals surface area contributed by atoms with Gasteiger partial charge in [0.2, 0.25) is 5.91 Å². The van der Waals surface area contributed by atoms with Gasteiger partial charge in [-0.2, -0.15) is 0 Å². The molecule has 22 heavy (non-hydrogen) atoms. The van der Waals surface area contributed by atoms with Crippen LogP contribution in [0.3, 0.4) is 0 Å². The third-order valence-corrected chi connectivity index (χ3v) is 5.05. The Morgan fingerprint density at radius 2 is 1.95 bits per heavy atom. The number of carbonyl (C=O) groups is 2. The smallest absolute Gasteiger partial charge is 0.303 e. The van der Waals surface area contributed by atoms with Crippen LogP contribution < -0.4 is 5.32 Å². The summed E-state index contributed by atoms with van der Waals surface area (Å²) in [5.41, 5.74) is 0.406. The molecule has 0 atom stereocenters. The van der Waals surface area contributed by atoms with Gasteiger partial charge in [0.15, 0.2) is 0 Å². The Balaban J connectivity index is 2.02. The van der Waals surface area contributed by atoms with E-state index >= 15 is 0 Å². The lowest BCUT2D eigenvalue weighted by Gasteiger charge is -2.35. The molecule has 0 saturated heterocycles. The van der Waals surface area contributed by atoms with Gasteiger partial charge in [-0.15, -0.1) is 11.8 Å². The summed E-state index contributed by atoms with van der Waals surface area (Å²) in [6.07, 6.45) is 7.21. The van der Waals surface area contributed by atoms with E-state index in [0.29, 0.717) is 6.42 Å². The van der Waals surface area contributed by atoms with Crippen molar-refractivity contribution in [3.63, 3.8) is 0 Å². The first-order chi connectivity index (χ1) is 10.5. The molecule has 1 saturated carbocycles. The minimum atomic E-state index is -0.806. The quantitative estimate of drug-likeness (QED) is 0.772. The van der Waals surface area contributed by atoms with Gasteiger partial charge in [-0.05, 0) is 42.7 Å². The van der Waals surface area contributed by atoms with Crippen LogP contribution in [-0.4, -0.2) is 23.2 Å².